The molecule has 1 heterocycles. The van der Waals surface area contributed by atoms with Crippen molar-refractivity contribution in [2.45, 2.75) is 163 Å². The van der Waals surface area contributed by atoms with E-state index in [0.29, 0.717) is 12.8 Å². The number of rotatable bonds is 6. The van der Waals surface area contributed by atoms with Gasteiger partial charge in [-0.05, 0) is 99.2 Å². The van der Waals surface area contributed by atoms with Gasteiger partial charge < -0.3 is 39.4 Å². The predicted molar refractivity (Wildman–Crippen MR) is 186 cm³/mol. The summed E-state index contributed by atoms with van der Waals surface area (Å²) in [5, 5.41) is 45.3. The molecular formula is C40H62O11. The van der Waals surface area contributed by atoms with Crippen LogP contribution in [0, 0.1) is 50.2 Å². The van der Waals surface area contributed by atoms with Gasteiger partial charge in [0.25, 0.3) is 0 Å². The number of esters is 2. The molecule has 0 bridgehead atoms. The van der Waals surface area contributed by atoms with Crippen molar-refractivity contribution in [1.29, 1.82) is 0 Å². The van der Waals surface area contributed by atoms with Crippen molar-refractivity contribution in [3.8, 4) is 0 Å². The van der Waals surface area contributed by atoms with Crippen LogP contribution >= 0.6 is 0 Å². The number of aliphatic hydroxyl groups is 3. The molecule has 11 heteroatoms. The fraction of sp³-hybridized carbons (Fsp3) is 0.875. The molecule has 288 valence electrons. The first-order valence-electron chi connectivity index (χ1n) is 19.2. The van der Waals surface area contributed by atoms with E-state index >= 15 is 0 Å². The van der Waals surface area contributed by atoms with Crippen LogP contribution in [-0.4, -0.2) is 87.9 Å². The highest BCUT2D eigenvalue weighted by Gasteiger charge is 2.71. The maximum absolute atomic E-state index is 12.5. The number of hydrogen-bond donors (Lipinski definition) is 4. The zero-order valence-corrected chi connectivity index (χ0v) is 32.1. The molecule has 0 amide bonds. The minimum atomic E-state index is -1.45. The molecule has 0 spiro atoms. The Balaban J connectivity index is 1.29. The van der Waals surface area contributed by atoms with Gasteiger partial charge >= 0.3 is 17.9 Å². The second-order valence-corrected chi connectivity index (χ2v) is 18.9. The summed E-state index contributed by atoms with van der Waals surface area (Å²) in [5.74, 6) is -1.77. The van der Waals surface area contributed by atoms with Crippen molar-refractivity contribution < 1.29 is 53.8 Å². The van der Waals surface area contributed by atoms with Crippen LogP contribution < -0.4 is 0 Å². The average molecular weight is 719 g/mol. The second kappa shape index (κ2) is 12.8. The van der Waals surface area contributed by atoms with Gasteiger partial charge in [0.15, 0.2) is 18.5 Å². The van der Waals surface area contributed by atoms with E-state index in [1.165, 1.54) is 19.4 Å². The van der Waals surface area contributed by atoms with Crippen LogP contribution in [0.3, 0.4) is 0 Å². The van der Waals surface area contributed by atoms with E-state index in [-0.39, 0.29) is 47.0 Å². The first-order chi connectivity index (χ1) is 23.6. The molecule has 1 saturated heterocycles. The number of aliphatic carboxylic acids is 1. The van der Waals surface area contributed by atoms with E-state index in [1.807, 2.05) is 13.8 Å². The molecule has 16 atom stereocenters. The number of hydrogen-bond acceptors (Lipinski definition) is 10. The third kappa shape index (κ3) is 5.73. The monoisotopic (exact) mass is 718 g/mol. The summed E-state index contributed by atoms with van der Waals surface area (Å²) in [6.07, 6.45) is 2.07. The van der Waals surface area contributed by atoms with E-state index in [2.05, 4.69) is 33.8 Å². The molecule has 4 N–H and O–H groups in total. The molecule has 0 radical (unpaired) electrons. The number of fused-ring (bicyclic) bond motifs is 7. The highest BCUT2D eigenvalue weighted by molar-refractivity contribution is 5.74. The van der Waals surface area contributed by atoms with Gasteiger partial charge in [-0.2, -0.15) is 0 Å². The van der Waals surface area contributed by atoms with Gasteiger partial charge in [0.05, 0.1) is 30.3 Å². The van der Waals surface area contributed by atoms with Gasteiger partial charge in [0, 0.05) is 31.1 Å². The maximum atomic E-state index is 12.5. The molecule has 6 rings (SSSR count). The third-order valence-electron chi connectivity index (χ3n) is 16.2. The standard InChI is InChI=1S/C40H62O11/c1-21-31(50-22(2)41)32(51-23(3)42)30(45)33(49-21)48-20-37(6)26-12-13-39(8)27(40(26,9)29(44)18-28(37)43)11-10-24-25-19-36(5,34(46)47)15-14-35(25,4)16-17-38(24,39)7/h10,21,25-33,43-45H,11-20H2,1-9H3,(H,46,47)/t21-,25-,26-,27-,28-,29-,30+,31-,32-,33+,35+,36+,37-,38+,39+,40-/m0/s1. The summed E-state index contributed by atoms with van der Waals surface area (Å²) in [6.45, 7) is 17.4. The molecule has 5 aliphatic carbocycles. The summed E-state index contributed by atoms with van der Waals surface area (Å²) in [4.78, 5) is 36.3. The Morgan fingerprint density at radius 2 is 1.49 bits per heavy atom. The molecule has 51 heavy (non-hydrogen) atoms. The van der Waals surface area contributed by atoms with Crippen LogP contribution in [-0.2, 0) is 33.3 Å². The minimum absolute atomic E-state index is 0.0244. The molecule has 0 unspecified atom stereocenters. The van der Waals surface area contributed by atoms with Crippen LogP contribution in [0.5, 0.6) is 0 Å². The Kier molecular flexibility index (Phi) is 9.69. The molecule has 5 fully saturated rings. The summed E-state index contributed by atoms with van der Waals surface area (Å²) in [7, 11) is 0. The van der Waals surface area contributed by atoms with Crippen molar-refractivity contribution in [2.24, 2.45) is 50.2 Å². The lowest BCUT2D eigenvalue weighted by molar-refractivity contribution is -0.316. The molecule has 0 aromatic carbocycles. The smallest absolute Gasteiger partial charge is 0.309 e. The van der Waals surface area contributed by atoms with Gasteiger partial charge in [-0.15, -0.1) is 0 Å². The largest absolute Gasteiger partial charge is 0.481 e. The van der Waals surface area contributed by atoms with E-state index < -0.39 is 77.1 Å². The second-order valence-electron chi connectivity index (χ2n) is 18.9. The van der Waals surface area contributed by atoms with Gasteiger partial charge in [0.2, 0.25) is 0 Å². The molecule has 6 aliphatic rings. The van der Waals surface area contributed by atoms with Crippen LogP contribution in [0.2, 0.25) is 0 Å². The number of carboxylic acids is 1. The number of allylic oxidation sites excluding steroid dienone is 2. The summed E-state index contributed by atoms with van der Waals surface area (Å²) in [5.41, 5.74) is -0.944. The zero-order chi connectivity index (χ0) is 37.7. The first-order valence-corrected chi connectivity index (χ1v) is 19.2. The Morgan fingerprint density at radius 1 is 0.863 bits per heavy atom. The average Bonchev–Trinajstić information content (AvgIpc) is 3.03. The minimum Gasteiger partial charge on any atom is -0.481 e. The Labute approximate surface area is 302 Å². The summed E-state index contributed by atoms with van der Waals surface area (Å²) in [6, 6.07) is 0. The van der Waals surface area contributed by atoms with Crippen molar-refractivity contribution in [3.05, 3.63) is 11.6 Å². The van der Waals surface area contributed by atoms with Crippen LogP contribution in [0.1, 0.15) is 120 Å². The van der Waals surface area contributed by atoms with E-state index in [4.69, 9.17) is 18.9 Å². The SMILES string of the molecule is CC(=O)O[C@@H]1[C@@H](OC(C)=O)[C@@H](O)[C@H](OC[C@]2(C)[C@@H](O)C[C@H](O)[C@]3(C)[C@H]4CC=C5[C@@H]6C[C@](C)(C(=O)O)CC[C@]6(C)CC[C@@]5(C)[C@]4(C)CC[C@@H]23)O[C@H]1C. The molecule has 0 aromatic heterocycles. The Morgan fingerprint density at radius 3 is 2.12 bits per heavy atom. The number of carbonyl (C=O) groups is 3. The van der Waals surface area contributed by atoms with Crippen LogP contribution in [0.15, 0.2) is 11.6 Å². The lowest BCUT2D eigenvalue weighted by atomic mass is 9.33. The molecule has 0 aromatic rings. The van der Waals surface area contributed by atoms with Crippen molar-refractivity contribution in [3.63, 3.8) is 0 Å². The fourth-order valence-electron chi connectivity index (χ4n) is 12.6. The molecule has 11 nitrogen and oxygen atoms in total. The number of carboxylic acid groups (broad SMARTS) is 1. The quantitative estimate of drug-likeness (QED) is 0.211. The summed E-state index contributed by atoms with van der Waals surface area (Å²) < 4.78 is 23.1. The number of carbonyl (C=O) groups excluding carboxylic acids is 2. The highest BCUT2D eigenvalue weighted by atomic mass is 16.7. The lowest BCUT2D eigenvalue weighted by Crippen LogP contribution is -2.69. The molecule has 4 saturated carbocycles. The fourth-order valence-corrected chi connectivity index (χ4v) is 12.6. The summed E-state index contributed by atoms with van der Waals surface area (Å²) >= 11 is 0. The Hall–Kier alpha value is -2.05. The van der Waals surface area contributed by atoms with Gasteiger partial charge in [-0.3, -0.25) is 14.4 Å². The van der Waals surface area contributed by atoms with Gasteiger partial charge in [-0.25, -0.2) is 0 Å². The lowest BCUT2D eigenvalue weighted by Gasteiger charge is -2.72. The van der Waals surface area contributed by atoms with Crippen molar-refractivity contribution >= 4 is 17.9 Å². The highest BCUT2D eigenvalue weighted by Crippen LogP contribution is 2.75. The number of aliphatic hydroxyl groups excluding tert-OH is 3. The van der Waals surface area contributed by atoms with Crippen molar-refractivity contribution in [2.75, 3.05) is 6.61 Å². The van der Waals surface area contributed by atoms with Crippen molar-refractivity contribution in [1.82, 2.24) is 0 Å². The Bertz CT molecular complexity index is 1450. The predicted octanol–water partition coefficient (Wildman–Crippen LogP) is 5.17. The zero-order valence-electron chi connectivity index (χ0n) is 32.1. The van der Waals surface area contributed by atoms with E-state index in [0.717, 1.165) is 38.5 Å². The van der Waals surface area contributed by atoms with E-state index in [9.17, 15) is 34.8 Å². The van der Waals surface area contributed by atoms with Gasteiger partial charge in [-0.1, -0.05) is 46.3 Å². The topological polar surface area (TPSA) is 169 Å². The van der Waals surface area contributed by atoms with Crippen LogP contribution in [0.25, 0.3) is 0 Å². The normalized spacial score (nSPS) is 52.2. The van der Waals surface area contributed by atoms with Gasteiger partial charge in [0.1, 0.15) is 6.10 Å². The molecular weight excluding hydrogens is 656 g/mol. The maximum Gasteiger partial charge on any atom is 0.309 e. The third-order valence-corrected chi connectivity index (χ3v) is 16.2. The van der Waals surface area contributed by atoms with Crippen LogP contribution in [0.4, 0.5) is 0 Å². The van der Waals surface area contributed by atoms with E-state index in [1.54, 1.807) is 6.92 Å². The number of ether oxygens (including phenoxy) is 4. The molecule has 1 aliphatic heterocycles. The first kappa shape index (κ1) is 38.7.